The molecule has 0 saturated carbocycles. The second kappa shape index (κ2) is 12.3. The van der Waals surface area contributed by atoms with Crippen molar-refractivity contribution in [1.29, 1.82) is 0 Å². The third kappa shape index (κ3) is 12.1. The maximum atomic E-state index is 5.50. The Balaban J connectivity index is 3.29. The summed E-state index contributed by atoms with van der Waals surface area (Å²) in [5.74, 6) is 0.711. The predicted molar refractivity (Wildman–Crippen MR) is 70.2 cm³/mol. The molecule has 0 unspecified atom stereocenters. The van der Waals surface area contributed by atoms with Gasteiger partial charge in [-0.15, -0.1) is 0 Å². The summed E-state index contributed by atoms with van der Waals surface area (Å²) >= 11 is 0. The molecule has 1 N–H and O–H groups in total. The van der Waals surface area contributed by atoms with Gasteiger partial charge in [-0.05, 0) is 26.2 Å². The van der Waals surface area contributed by atoms with Crippen LogP contribution in [0.15, 0.2) is 0 Å². The first-order chi connectivity index (χ1) is 8.20. The molecule has 17 heavy (non-hydrogen) atoms. The molecule has 0 aromatic carbocycles. The minimum Gasteiger partial charge on any atom is -0.380 e. The smallest absolute Gasteiger partial charge is 0.169 e. The fourth-order valence-corrected chi connectivity index (χ4v) is 1.32. The topological polar surface area (TPSA) is 39.7 Å². The van der Waals surface area contributed by atoms with Crippen LogP contribution in [0.2, 0.25) is 0 Å². The van der Waals surface area contributed by atoms with Gasteiger partial charge >= 0.3 is 0 Å². The van der Waals surface area contributed by atoms with Gasteiger partial charge in [0.1, 0.15) is 0 Å². The molecule has 0 heterocycles. The van der Waals surface area contributed by atoms with E-state index in [0.29, 0.717) is 19.1 Å². The van der Waals surface area contributed by atoms with E-state index in [2.05, 4.69) is 19.2 Å². The minimum absolute atomic E-state index is 0.138. The lowest BCUT2D eigenvalue weighted by atomic mass is 10.1. The van der Waals surface area contributed by atoms with Crippen LogP contribution in [-0.2, 0) is 14.2 Å². The third-order valence-electron chi connectivity index (χ3n) is 2.28. The van der Waals surface area contributed by atoms with Crippen LogP contribution in [0.5, 0.6) is 0 Å². The molecule has 0 saturated heterocycles. The maximum Gasteiger partial charge on any atom is 0.169 e. The Morgan fingerprint density at radius 3 is 2.18 bits per heavy atom. The van der Waals surface area contributed by atoms with Crippen molar-refractivity contribution in [3.05, 3.63) is 0 Å². The molecule has 0 bridgehead atoms. The summed E-state index contributed by atoms with van der Waals surface area (Å²) in [6.07, 6.45) is 0.987. The summed E-state index contributed by atoms with van der Waals surface area (Å²) in [5, 5.41) is 3.27. The lowest BCUT2D eigenvalue weighted by Gasteiger charge is -2.17. The highest BCUT2D eigenvalue weighted by molar-refractivity contribution is 4.51. The zero-order valence-corrected chi connectivity index (χ0v) is 11.8. The molecule has 0 rings (SSSR count). The summed E-state index contributed by atoms with van der Waals surface area (Å²) in [7, 11) is 0. The highest BCUT2D eigenvalue weighted by atomic mass is 16.7. The van der Waals surface area contributed by atoms with Crippen LogP contribution in [0.1, 0.15) is 34.1 Å². The van der Waals surface area contributed by atoms with Crippen LogP contribution >= 0.6 is 0 Å². The Bertz CT molecular complexity index is 148. The van der Waals surface area contributed by atoms with Gasteiger partial charge < -0.3 is 19.5 Å². The lowest BCUT2D eigenvalue weighted by Crippen LogP contribution is -2.33. The van der Waals surface area contributed by atoms with Crippen molar-refractivity contribution in [1.82, 2.24) is 5.32 Å². The molecule has 0 aliphatic rings. The molecule has 0 amide bonds. The first-order valence-electron chi connectivity index (χ1n) is 6.72. The van der Waals surface area contributed by atoms with Gasteiger partial charge in [0.2, 0.25) is 0 Å². The third-order valence-corrected chi connectivity index (χ3v) is 2.28. The molecule has 0 atom stereocenters. The average molecular weight is 247 g/mol. The number of nitrogens with one attached hydrogen (secondary N) is 1. The second-order valence-corrected chi connectivity index (χ2v) is 4.34. The lowest BCUT2D eigenvalue weighted by molar-refractivity contribution is -0.133. The summed E-state index contributed by atoms with van der Waals surface area (Å²) in [6.45, 7) is 12.9. The molecule has 0 radical (unpaired) electrons. The number of hydrogen-bond donors (Lipinski definition) is 1. The van der Waals surface area contributed by atoms with E-state index in [9.17, 15) is 0 Å². The molecule has 0 spiro atoms. The van der Waals surface area contributed by atoms with Crippen LogP contribution in [-0.4, -0.2) is 45.8 Å². The molecule has 4 nitrogen and oxygen atoms in total. The molecule has 0 aliphatic heterocycles. The summed E-state index contributed by atoms with van der Waals surface area (Å²) in [5.41, 5.74) is 0. The Morgan fingerprint density at radius 1 is 1.00 bits per heavy atom. The molecular formula is C13H29NO3. The number of hydrogen-bond acceptors (Lipinski definition) is 4. The largest absolute Gasteiger partial charge is 0.380 e. The summed E-state index contributed by atoms with van der Waals surface area (Å²) < 4.78 is 16.3. The second-order valence-electron chi connectivity index (χ2n) is 4.34. The maximum absolute atomic E-state index is 5.50. The van der Waals surface area contributed by atoms with Gasteiger partial charge in [0.25, 0.3) is 0 Å². The fraction of sp³-hybridized carbons (Fsp3) is 1.00. The summed E-state index contributed by atoms with van der Waals surface area (Å²) in [4.78, 5) is 0. The van der Waals surface area contributed by atoms with E-state index < -0.39 is 0 Å². The minimum atomic E-state index is -0.138. The van der Waals surface area contributed by atoms with Crippen molar-refractivity contribution >= 4 is 0 Å². The molecular weight excluding hydrogens is 218 g/mol. The Labute approximate surface area is 106 Å². The van der Waals surface area contributed by atoms with Crippen molar-refractivity contribution in [2.24, 2.45) is 5.92 Å². The van der Waals surface area contributed by atoms with Gasteiger partial charge in [0, 0.05) is 32.9 Å². The SMILES string of the molecule is CCOC(CNCCOCCC(C)C)OCC. The molecule has 104 valence electrons. The molecule has 0 aliphatic carbocycles. The van der Waals surface area contributed by atoms with Crippen LogP contribution < -0.4 is 5.32 Å². The van der Waals surface area contributed by atoms with Crippen molar-refractivity contribution in [3.8, 4) is 0 Å². The van der Waals surface area contributed by atoms with Crippen LogP contribution in [0.25, 0.3) is 0 Å². The van der Waals surface area contributed by atoms with E-state index in [1.54, 1.807) is 0 Å². The van der Waals surface area contributed by atoms with Crippen LogP contribution in [0.3, 0.4) is 0 Å². The van der Waals surface area contributed by atoms with Gasteiger partial charge in [0.15, 0.2) is 6.29 Å². The van der Waals surface area contributed by atoms with E-state index in [-0.39, 0.29) is 6.29 Å². The highest BCUT2D eigenvalue weighted by Gasteiger charge is 2.06. The van der Waals surface area contributed by atoms with E-state index >= 15 is 0 Å². The predicted octanol–water partition coefficient (Wildman–Crippen LogP) is 2.04. The quantitative estimate of drug-likeness (QED) is 0.423. The first-order valence-corrected chi connectivity index (χ1v) is 6.72. The monoisotopic (exact) mass is 247 g/mol. The molecule has 0 aromatic heterocycles. The zero-order valence-electron chi connectivity index (χ0n) is 11.8. The zero-order chi connectivity index (χ0) is 12.9. The molecule has 4 heteroatoms. The first kappa shape index (κ1) is 16.8. The van der Waals surface area contributed by atoms with Crippen LogP contribution in [0.4, 0.5) is 0 Å². The van der Waals surface area contributed by atoms with Crippen molar-refractivity contribution in [3.63, 3.8) is 0 Å². The van der Waals surface area contributed by atoms with E-state index in [1.165, 1.54) is 0 Å². The van der Waals surface area contributed by atoms with Gasteiger partial charge in [-0.3, -0.25) is 0 Å². The van der Waals surface area contributed by atoms with E-state index in [4.69, 9.17) is 14.2 Å². The van der Waals surface area contributed by atoms with Gasteiger partial charge in [-0.1, -0.05) is 13.8 Å². The van der Waals surface area contributed by atoms with Gasteiger partial charge in [0.05, 0.1) is 6.61 Å². The Morgan fingerprint density at radius 2 is 1.65 bits per heavy atom. The average Bonchev–Trinajstić information content (AvgIpc) is 2.28. The number of ether oxygens (including phenoxy) is 3. The molecule has 0 aromatic rings. The molecule has 0 fully saturated rings. The summed E-state index contributed by atoms with van der Waals surface area (Å²) in [6, 6.07) is 0. The van der Waals surface area contributed by atoms with Crippen molar-refractivity contribution in [2.75, 3.05) is 39.5 Å². The standard InChI is InChI=1S/C13H29NO3/c1-5-16-13(17-6-2)11-14-8-10-15-9-7-12(3)4/h12-14H,5-11H2,1-4H3. The fourth-order valence-electron chi connectivity index (χ4n) is 1.32. The van der Waals surface area contributed by atoms with Gasteiger partial charge in [-0.25, -0.2) is 0 Å². The highest BCUT2D eigenvalue weighted by Crippen LogP contribution is 1.98. The van der Waals surface area contributed by atoms with Crippen molar-refractivity contribution in [2.45, 2.75) is 40.4 Å². The number of rotatable bonds is 12. The van der Waals surface area contributed by atoms with Crippen molar-refractivity contribution < 1.29 is 14.2 Å². The van der Waals surface area contributed by atoms with Crippen LogP contribution in [0, 0.1) is 5.92 Å². The van der Waals surface area contributed by atoms with E-state index in [0.717, 1.165) is 32.7 Å². The Hall–Kier alpha value is -0.160. The van der Waals surface area contributed by atoms with E-state index in [1.807, 2.05) is 13.8 Å². The normalized spacial score (nSPS) is 11.6. The Kier molecular flexibility index (Phi) is 12.2. The van der Waals surface area contributed by atoms with Gasteiger partial charge in [-0.2, -0.15) is 0 Å².